The summed E-state index contributed by atoms with van der Waals surface area (Å²) in [7, 11) is 0. The molecule has 1 aliphatic rings. The molecule has 1 aliphatic heterocycles. The van der Waals surface area contributed by atoms with Crippen molar-refractivity contribution in [2.75, 3.05) is 19.8 Å². The Labute approximate surface area is 97.3 Å². The van der Waals surface area contributed by atoms with E-state index in [1.807, 2.05) is 0 Å². The van der Waals surface area contributed by atoms with Crippen LogP contribution in [0.4, 0.5) is 0 Å². The van der Waals surface area contributed by atoms with E-state index in [1.165, 1.54) is 11.1 Å². The van der Waals surface area contributed by atoms with Crippen molar-refractivity contribution in [3.63, 3.8) is 0 Å². The van der Waals surface area contributed by atoms with E-state index >= 15 is 0 Å². The number of benzene rings is 1. The Morgan fingerprint density at radius 3 is 2.44 bits per heavy atom. The quantitative estimate of drug-likeness (QED) is 0.848. The van der Waals surface area contributed by atoms with E-state index in [9.17, 15) is 5.11 Å². The molecule has 0 saturated carbocycles. The van der Waals surface area contributed by atoms with Gasteiger partial charge in [-0.05, 0) is 31.2 Å². The molecule has 2 rings (SSSR count). The summed E-state index contributed by atoms with van der Waals surface area (Å²) in [5.41, 5.74) is 2.53. The highest BCUT2D eigenvalue weighted by molar-refractivity contribution is 5.25. The van der Waals surface area contributed by atoms with Crippen molar-refractivity contribution in [2.24, 2.45) is 5.92 Å². The summed E-state index contributed by atoms with van der Waals surface area (Å²) in [5.74, 6) is 0.853. The Morgan fingerprint density at radius 1 is 1.25 bits per heavy atom. The maximum atomic E-state index is 9.56. The van der Waals surface area contributed by atoms with Crippen LogP contribution in [0.5, 0.6) is 0 Å². The second-order valence-electron chi connectivity index (χ2n) is 4.65. The molecular weight excluding hydrogens is 200 g/mol. The number of aryl methyl sites for hydroxylation is 1. The van der Waals surface area contributed by atoms with E-state index in [1.54, 1.807) is 0 Å². The van der Waals surface area contributed by atoms with Crippen molar-refractivity contribution in [1.29, 1.82) is 0 Å². The Hall–Kier alpha value is -0.860. The fourth-order valence-electron chi connectivity index (χ4n) is 2.46. The van der Waals surface area contributed by atoms with Crippen LogP contribution in [0.1, 0.15) is 29.9 Å². The zero-order chi connectivity index (χ0) is 11.4. The molecule has 2 nitrogen and oxygen atoms in total. The van der Waals surface area contributed by atoms with Gasteiger partial charge in [-0.25, -0.2) is 0 Å². The first-order valence-electron chi connectivity index (χ1n) is 6.06. The van der Waals surface area contributed by atoms with E-state index in [0.29, 0.717) is 5.92 Å². The molecule has 1 fully saturated rings. The number of hydrogen-bond donors (Lipinski definition) is 1. The van der Waals surface area contributed by atoms with E-state index in [0.717, 1.165) is 26.1 Å². The van der Waals surface area contributed by atoms with E-state index in [4.69, 9.17) is 4.74 Å². The first-order valence-corrected chi connectivity index (χ1v) is 6.06. The van der Waals surface area contributed by atoms with Crippen LogP contribution in [0.3, 0.4) is 0 Å². The highest BCUT2D eigenvalue weighted by Gasteiger charge is 2.24. The van der Waals surface area contributed by atoms with Gasteiger partial charge < -0.3 is 9.84 Å². The molecule has 88 valence electrons. The van der Waals surface area contributed by atoms with Gasteiger partial charge in [0.05, 0.1) is 6.61 Å². The Morgan fingerprint density at radius 2 is 1.88 bits per heavy atom. The number of hydrogen-bond acceptors (Lipinski definition) is 2. The second kappa shape index (κ2) is 5.46. The van der Waals surface area contributed by atoms with Gasteiger partial charge in [0.2, 0.25) is 0 Å². The first-order chi connectivity index (χ1) is 7.81. The maximum absolute atomic E-state index is 9.56. The summed E-state index contributed by atoms with van der Waals surface area (Å²) in [5, 5.41) is 9.56. The molecule has 0 aromatic heterocycles. The third-order valence-corrected chi connectivity index (χ3v) is 3.54. The second-order valence-corrected chi connectivity index (χ2v) is 4.65. The highest BCUT2D eigenvalue weighted by atomic mass is 16.5. The summed E-state index contributed by atoms with van der Waals surface area (Å²) < 4.78 is 5.37. The third kappa shape index (κ3) is 2.63. The van der Waals surface area contributed by atoms with Gasteiger partial charge in [-0.3, -0.25) is 0 Å². The van der Waals surface area contributed by atoms with E-state index < -0.39 is 0 Å². The van der Waals surface area contributed by atoms with Crippen LogP contribution < -0.4 is 0 Å². The van der Waals surface area contributed by atoms with Crippen molar-refractivity contribution < 1.29 is 9.84 Å². The topological polar surface area (TPSA) is 29.5 Å². The SMILES string of the molecule is Cc1ccc(C(CO)C2CCOCC2)cc1. The lowest BCUT2D eigenvalue weighted by Crippen LogP contribution is -2.24. The third-order valence-electron chi connectivity index (χ3n) is 3.54. The minimum absolute atomic E-state index is 0.244. The van der Waals surface area contributed by atoms with Crippen LogP contribution in [-0.2, 0) is 4.74 Å². The molecule has 0 spiro atoms. The van der Waals surface area contributed by atoms with Crippen LogP contribution in [0, 0.1) is 12.8 Å². The molecular formula is C14H20O2. The van der Waals surface area contributed by atoms with Crippen LogP contribution in [0.15, 0.2) is 24.3 Å². The zero-order valence-electron chi connectivity index (χ0n) is 9.86. The molecule has 1 atom stereocenters. The Bertz CT molecular complexity index is 312. The summed E-state index contributed by atoms with van der Waals surface area (Å²) in [6, 6.07) is 8.53. The first kappa shape index (κ1) is 11.6. The van der Waals surface area contributed by atoms with Gasteiger partial charge in [-0.15, -0.1) is 0 Å². The minimum Gasteiger partial charge on any atom is -0.396 e. The monoisotopic (exact) mass is 220 g/mol. The smallest absolute Gasteiger partial charge is 0.0502 e. The van der Waals surface area contributed by atoms with Gasteiger partial charge in [-0.2, -0.15) is 0 Å². The van der Waals surface area contributed by atoms with Crippen LogP contribution in [0.2, 0.25) is 0 Å². The van der Waals surface area contributed by atoms with Crippen molar-refractivity contribution in [2.45, 2.75) is 25.7 Å². The fraction of sp³-hybridized carbons (Fsp3) is 0.571. The van der Waals surface area contributed by atoms with Crippen LogP contribution >= 0.6 is 0 Å². The Balaban J connectivity index is 2.11. The molecule has 0 amide bonds. The summed E-state index contributed by atoms with van der Waals surface area (Å²) in [4.78, 5) is 0. The summed E-state index contributed by atoms with van der Waals surface area (Å²) >= 11 is 0. The van der Waals surface area contributed by atoms with Gasteiger partial charge in [0, 0.05) is 19.1 Å². The average Bonchev–Trinajstić information content (AvgIpc) is 2.34. The average molecular weight is 220 g/mol. The maximum Gasteiger partial charge on any atom is 0.0502 e. The fourth-order valence-corrected chi connectivity index (χ4v) is 2.46. The van der Waals surface area contributed by atoms with E-state index in [-0.39, 0.29) is 12.5 Å². The van der Waals surface area contributed by atoms with E-state index in [2.05, 4.69) is 31.2 Å². The minimum atomic E-state index is 0.244. The standard InChI is InChI=1S/C14H20O2/c1-11-2-4-12(5-3-11)14(10-15)13-6-8-16-9-7-13/h2-5,13-15H,6-10H2,1H3. The van der Waals surface area contributed by atoms with Crippen LogP contribution in [0.25, 0.3) is 0 Å². The van der Waals surface area contributed by atoms with Crippen molar-refractivity contribution in [1.82, 2.24) is 0 Å². The van der Waals surface area contributed by atoms with Crippen molar-refractivity contribution in [3.8, 4) is 0 Å². The lowest BCUT2D eigenvalue weighted by atomic mass is 9.82. The van der Waals surface area contributed by atoms with Crippen molar-refractivity contribution in [3.05, 3.63) is 35.4 Å². The van der Waals surface area contributed by atoms with Gasteiger partial charge >= 0.3 is 0 Å². The Kier molecular flexibility index (Phi) is 3.97. The van der Waals surface area contributed by atoms with Gasteiger partial charge in [-0.1, -0.05) is 29.8 Å². The molecule has 0 radical (unpaired) electrons. The number of ether oxygens (including phenoxy) is 1. The van der Waals surface area contributed by atoms with Gasteiger partial charge in [0.25, 0.3) is 0 Å². The van der Waals surface area contributed by atoms with Gasteiger partial charge in [0.15, 0.2) is 0 Å². The lowest BCUT2D eigenvalue weighted by Gasteiger charge is -2.29. The predicted molar refractivity (Wildman–Crippen MR) is 64.5 cm³/mol. The van der Waals surface area contributed by atoms with Gasteiger partial charge in [0.1, 0.15) is 0 Å². The molecule has 1 unspecified atom stereocenters. The molecule has 16 heavy (non-hydrogen) atoms. The molecule has 1 aromatic rings. The molecule has 1 saturated heterocycles. The summed E-state index contributed by atoms with van der Waals surface area (Å²) in [6.45, 7) is 4.01. The highest BCUT2D eigenvalue weighted by Crippen LogP contribution is 2.31. The largest absolute Gasteiger partial charge is 0.396 e. The molecule has 2 heteroatoms. The number of aliphatic hydroxyl groups excluding tert-OH is 1. The number of aliphatic hydroxyl groups is 1. The summed E-state index contributed by atoms with van der Waals surface area (Å²) in [6.07, 6.45) is 2.14. The van der Waals surface area contributed by atoms with Crippen LogP contribution in [-0.4, -0.2) is 24.9 Å². The normalized spacial score (nSPS) is 19.6. The van der Waals surface area contributed by atoms with Crippen molar-refractivity contribution >= 4 is 0 Å². The molecule has 1 heterocycles. The lowest BCUT2D eigenvalue weighted by molar-refractivity contribution is 0.0493. The predicted octanol–water partition coefficient (Wildman–Crippen LogP) is 2.50. The molecule has 1 aromatic carbocycles. The molecule has 1 N–H and O–H groups in total. The molecule has 0 aliphatic carbocycles. The number of rotatable bonds is 3. The molecule has 0 bridgehead atoms. The zero-order valence-corrected chi connectivity index (χ0v) is 9.86.